The minimum Gasteiger partial charge on any atom is -0.462 e. The zero-order valence-electron chi connectivity index (χ0n) is 12.0. The quantitative estimate of drug-likeness (QED) is 0.657. The lowest BCUT2D eigenvalue weighted by atomic mass is 10.0. The van der Waals surface area contributed by atoms with Crippen molar-refractivity contribution in [3.63, 3.8) is 0 Å². The van der Waals surface area contributed by atoms with Crippen LogP contribution in [0.3, 0.4) is 0 Å². The average molecular weight is 367 g/mol. The lowest BCUT2D eigenvalue weighted by Crippen LogP contribution is -2.39. The maximum absolute atomic E-state index is 13.4. The minimum absolute atomic E-state index is 0.441. The number of esters is 1. The maximum Gasteiger partial charge on any atom is 0.459 e. The second kappa shape index (κ2) is 6.06. The number of H-pyrrole nitrogens is 1. The van der Waals surface area contributed by atoms with Gasteiger partial charge in [-0.15, -0.1) is 0 Å². The van der Waals surface area contributed by atoms with Gasteiger partial charge in [-0.05, 0) is 13.8 Å². The minimum atomic E-state index is -6.25. The molecule has 1 heterocycles. The molecule has 136 valence electrons. The first kappa shape index (κ1) is 19.9. The van der Waals surface area contributed by atoms with Crippen LogP contribution in [0.5, 0.6) is 0 Å². The molecular formula is C12H9F8NO3. The fraction of sp³-hybridized carbons (Fsp3) is 0.500. The number of rotatable bonds is 3. The monoisotopic (exact) mass is 367 g/mol. The molecule has 0 fully saturated rings. The Kier molecular flexibility index (Phi) is 5.02. The highest BCUT2D eigenvalue weighted by molar-refractivity contribution is 5.91. The topological polar surface area (TPSA) is 59.2 Å². The third-order valence-electron chi connectivity index (χ3n) is 2.88. The van der Waals surface area contributed by atoms with Gasteiger partial charge >= 0.3 is 24.2 Å². The first-order valence-corrected chi connectivity index (χ1v) is 6.12. The van der Waals surface area contributed by atoms with Crippen LogP contribution in [0.2, 0.25) is 0 Å². The summed E-state index contributed by atoms with van der Waals surface area (Å²) >= 11 is 0. The van der Waals surface area contributed by atoms with Gasteiger partial charge in [-0.3, -0.25) is 4.79 Å². The summed E-state index contributed by atoms with van der Waals surface area (Å²) in [4.78, 5) is 24.2. The van der Waals surface area contributed by atoms with E-state index in [1.165, 1.54) is 6.92 Å². The second-order valence-corrected chi connectivity index (χ2v) is 4.49. The number of pyridine rings is 1. The maximum atomic E-state index is 13.4. The first-order chi connectivity index (χ1) is 10.7. The van der Waals surface area contributed by atoms with Crippen LogP contribution in [0.1, 0.15) is 34.2 Å². The molecule has 0 aliphatic carbocycles. The zero-order chi connectivity index (χ0) is 19.1. The SMILES string of the molecule is CCOC(=O)c1c(C(F)(F)F)[nH]c(C(F)(F)C(F)(F)F)c(C)c1=O. The smallest absolute Gasteiger partial charge is 0.459 e. The molecule has 0 saturated heterocycles. The number of halogens is 8. The van der Waals surface area contributed by atoms with Crippen LogP contribution in [0.25, 0.3) is 0 Å². The Balaban J connectivity index is 3.87. The van der Waals surface area contributed by atoms with E-state index in [9.17, 15) is 44.7 Å². The number of carbonyl (C=O) groups is 1. The summed E-state index contributed by atoms with van der Waals surface area (Å²) in [6.45, 7) is 1.18. The van der Waals surface area contributed by atoms with Gasteiger partial charge in [0, 0.05) is 5.56 Å². The third kappa shape index (κ3) is 3.36. The molecule has 0 aliphatic heterocycles. The van der Waals surface area contributed by atoms with Gasteiger partial charge in [0.2, 0.25) is 0 Å². The molecule has 1 N–H and O–H groups in total. The van der Waals surface area contributed by atoms with Crippen molar-refractivity contribution in [2.45, 2.75) is 32.1 Å². The van der Waals surface area contributed by atoms with Gasteiger partial charge in [0.05, 0.1) is 6.61 Å². The number of alkyl halides is 8. The highest BCUT2D eigenvalue weighted by Gasteiger charge is 2.61. The van der Waals surface area contributed by atoms with Gasteiger partial charge in [0.15, 0.2) is 5.43 Å². The van der Waals surface area contributed by atoms with Crippen LogP contribution >= 0.6 is 0 Å². The normalized spacial score (nSPS) is 13.1. The fourth-order valence-electron chi connectivity index (χ4n) is 1.76. The van der Waals surface area contributed by atoms with E-state index >= 15 is 0 Å². The molecule has 4 nitrogen and oxygen atoms in total. The standard InChI is InChI=1S/C12H9F8NO3/c1-3-24-9(23)5-6(22)4(2)7(10(13,14)12(18,19)20)21-8(5)11(15,16)17/h3H2,1-2H3,(H,21,22). The molecule has 0 amide bonds. The molecule has 0 saturated carbocycles. The summed E-state index contributed by atoms with van der Waals surface area (Å²) in [6, 6.07) is 0. The summed E-state index contributed by atoms with van der Waals surface area (Å²) in [7, 11) is 0. The van der Waals surface area contributed by atoms with E-state index in [2.05, 4.69) is 4.74 Å². The van der Waals surface area contributed by atoms with E-state index in [1.807, 2.05) is 0 Å². The Bertz CT molecular complexity index is 702. The number of aromatic amines is 1. The molecule has 1 aromatic heterocycles. The number of hydrogen-bond donors (Lipinski definition) is 1. The molecule has 0 bridgehead atoms. The van der Waals surface area contributed by atoms with Crippen molar-refractivity contribution >= 4 is 5.97 Å². The van der Waals surface area contributed by atoms with Crippen molar-refractivity contribution in [1.29, 1.82) is 0 Å². The molecule has 1 rings (SSSR count). The van der Waals surface area contributed by atoms with Crippen molar-refractivity contribution in [3.8, 4) is 0 Å². The van der Waals surface area contributed by atoms with Crippen LogP contribution in [0, 0.1) is 6.92 Å². The average Bonchev–Trinajstić information content (AvgIpc) is 2.38. The zero-order valence-corrected chi connectivity index (χ0v) is 12.0. The van der Waals surface area contributed by atoms with Gasteiger partial charge in [0.25, 0.3) is 0 Å². The van der Waals surface area contributed by atoms with E-state index in [0.29, 0.717) is 6.92 Å². The molecule has 24 heavy (non-hydrogen) atoms. The summed E-state index contributed by atoms with van der Waals surface area (Å²) in [5.41, 5.74) is -9.63. The Morgan fingerprint density at radius 1 is 1.04 bits per heavy atom. The van der Waals surface area contributed by atoms with E-state index < -0.39 is 58.8 Å². The molecule has 0 atom stereocenters. The lowest BCUT2D eigenvalue weighted by Gasteiger charge is -2.23. The molecule has 0 unspecified atom stereocenters. The number of nitrogens with one attached hydrogen (secondary N) is 1. The van der Waals surface area contributed by atoms with Crippen LogP contribution in [0.4, 0.5) is 35.1 Å². The molecule has 12 heteroatoms. The molecule has 0 spiro atoms. The number of ether oxygens (including phenoxy) is 1. The third-order valence-corrected chi connectivity index (χ3v) is 2.88. The van der Waals surface area contributed by atoms with Gasteiger partial charge < -0.3 is 9.72 Å². The second-order valence-electron chi connectivity index (χ2n) is 4.49. The molecule has 0 aromatic carbocycles. The van der Waals surface area contributed by atoms with E-state index in [1.54, 1.807) is 0 Å². The van der Waals surface area contributed by atoms with Crippen LogP contribution in [0.15, 0.2) is 4.79 Å². The van der Waals surface area contributed by atoms with Gasteiger partial charge in [-0.1, -0.05) is 0 Å². The van der Waals surface area contributed by atoms with Crippen molar-refractivity contribution in [2.24, 2.45) is 0 Å². The van der Waals surface area contributed by atoms with Crippen LogP contribution < -0.4 is 5.43 Å². The molecule has 1 aromatic rings. The van der Waals surface area contributed by atoms with Gasteiger partial charge in [0.1, 0.15) is 17.0 Å². The van der Waals surface area contributed by atoms with Crippen molar-refractivity contribution in [3.05, 3.63) is 32.7 Å². The summed E-state index contributed by atoms with van der Waals surface area (Å²) in [6.07, 6.45) is -11.8. The predicted octanol–water partition coefficient (Wildman–Crippen LogP) is 3.53. The van der Waals surface area contributed by atoms with E-state index in [4.69, 9.17) is 0 Å². The van der Waals surface area contributed by atoms with Gasteiger partial charge in [-0.25, -0.2) is 4.79 Å². The van der Waals surface area contributed by atoms with Crippen LogP contribution in [-0.2, 0) is 16.8 Å². The predicted molar refractivity (Wildman–Crippen MR) is 62.7 cm³/mol. The highest BCUT2D eigenvalue weighted by Crippen LogP contribution is 2.44. The Labute approximate surface area is 128 Å². The first-order valence-electron chi connectivity index (χ1n) is 6.12. The Morgan fingerprint density at radius 3 is 1.92 bits per heavy atom. The largest absolute Gasteiger partial charge is 0.462 e. The molecular weight excluding hydrogens is 358 g/mol. The Morgan fingerprint density at radius 2 is 1.54 bits per heavy atom. The Hall–Kier alpha value is -2.14. The number of hydrogen-bond acceptors (Lipinski definition) is 3. The van der Waals surface area contributed by atoms with Crippen molar-refractivity contribution < 1.29 is 44.7 Å². The summed E-state index contributed by atoms with van der Waals surface area (Å²) in [5.74, 6) is -7.56. The molecule has 0 radical (unpaired) electrons. The van der Waals surface area contributed by atoms with E-state index in [-0.39, 0.29) is 0 Å². The summed E-state index contributed by atoms with van der Waals surface area (Å²) < 4.78 is 107. The van der Waals surface area contributed by atoms with E-state index in [0.717, 1.165) is 4.98 Å². The van der Waals surface area contributed by atoms with Crippen LogP contribution in [-0.4, -0.2) is 23.7 Å². The molecule has 0 aliphatic rings. The number of carbonyl (C=O) groups excluding carboxylic acids is 1. The fourth-order valence-corrected chi connectivity index (χ4v) is 1.76. The van der Waals surface area contributed by atoms with Gasteiger partial charge in [-0.2, -0.15) is 35.1 Å². The lowest BCUT2D eigenvalue weighted by molar-refractivity contribution is -0.291. The van der Waals surface area contributed by atoms with Crippen molar-refractivity contribution in [1.82, 2.24) is 4.98 Å². The number of aromatic nitrogens is 1. The highest BCUT2D eigenvalue weighted by atomic mass is 19.4. The van der Waals surface area contributed by atoms with Crippen molar-refractivity contribution in [2.75, 3.05) is 6.61 Å². The summed E-state index contributed by atoms with van der Waals surface area (Å²) in [5, 5.41) is 0.